The molecule has 0 saturated carbocycles. The van der Waals surface area contributed by atoms with Crippen LogP contribution in [-0.2, 0) is 12.4 Å². The number of carbonyl (C=O) groups is 1. The molecule has 3 nitrogen and oxygen atoms in total. The summed E-state index contributed by atoms with van der Waals surface area (Å²) >= 11 is 3.22. The molecule has 2 aromatic carbocycles. The lowest BCUT2D eigenvalue weighted by molar-refractivity contribution is -0.143. The van der Waals surface area contributed by atoms with E-state index in [2.05, 4.69) is 20.9 Å². The van der Waals surface area contributed by atoms with Crippen LogP contribution in [0.25, 0.3) is 11.1 Å². The smallest absolute Gasteiger partial charge is 0.338 e. The van der Waals surface area contributed by atoms with Gasteiger partial charge in [0, 0.05) is 41.4 Å². The molecule has 1 atom stereocenters. The minimum atomic E-state index is -4.95. The highest BCUT2D eigenvalue weighted by molar-refractivity contribution is 9.10. The van der Waals surface area contributed by atoms with E-state index in [0.717, 1.165) is 12.0 Å². The standard InChI is InChI=1S/C24H17BrF6N2O/c25-21-10-14(22(34)33-7-5-16(13-33)15-2-1-6-32-12-15)3-4-20(21)17-8-18(23(26,27)28)11-19(9-17)24(29,30)31/h1-4,6,8-12,16H,5,7,13H2. The first kappa shape index (κ1) is 24.3. The molecule has 0 N–H and O–H groups in total. The number of aromatic nitrogens is 1. The van der Waals surface area contributed by atoms with E-state index in [4.69, 9.17) is 0 Å². The van der Waals surface area contributed by atoms with Gasteiger partial charge in [-0.15, -0.1) is 0 Å². The van der Waals surface area contributed by atoms with Gasteiger partial charge in [-0.05, 0) is 59.5 Å². The Bertz CT molecular complexity index is 1180. The maximum atomic E-state index is 13.2. The molecule has 0 bridgehead atoms. The van der Waals surface area contributed by atoms with Gasteiger partial charge >= 0.3 is 12.4 Å². The Kier molecular flexibility index (Phi) is 6.46. The van der Waals surface area contributed by atoms with Gasteiger partial charge in [-0.3, -0.25) is 9.78 Å². The number of carbonyl (C=O) groups excluding carboxylic acids is 1. The zero-order valence-corrected chi connectivity index (χ0v) is 19.0. The van der Waals surface area contributed by atoms with Crippen molar-refractivity contribution in [2.45, 2.75) is 24.7 Å². The first-order valence-electron chi connectivity index (χ1n) is 10.2. The summed E-state index contributed by atoms with van der Waals surface area (Å²) in [5, 5.41) is 0. The summed E-state index contributed by atoms with van der Waals surface area (Å²) in [7, 11) is 0. The van der Waals surface area contributed by atoms with Crippen LogP contribution in [0.5, 0.6) is 0 Å². The summed E-state index contributed by atoms with van der Waals surface area (Å²) in [4.78, 5) is 18.8. The predicted octanol–water partition coefficient (Wildman–Crippen LogP) is 7.18. The SMILES string of the molecule is O=C(c1ccc(-c2cc(C(F)(F)F)cc(C(F)(F)F)c2)c(Br)c1)N1CCC(c2cccnc2)C1. The molecule has 1 aliphatic heterocycles. The van der Waals surface area contributed by atoms with Crippen molar-refractivity contribution in [3.8, 4) is 11.1 Å². The van der Waals surface area contributed by atoms with Crippen LogP contribution in [0, 0.1) is 0 Å². The van der Waals surface area contributed by atoms with Gasteiger partial charge in [0.2, 0.25) is 0 Å². The Morgan fingerprint density at radius 2 is 1.65 bits per heavy atom. The molecule has 1 saturated heterocycles. The quantitative estimate of drug-likeness (QED) is 0.328. The second kappa shape index (κ2) is 9.05. The molecule has 0 aliphatic carbocycles. The number of halogens is 7. The van der Waals surface area contributed by atoms with E-state index < -0.39 is 23.5 Å². The zero-order chi connectivity index (χ0) is 24.7. The first-order chi connectivity index (χ1) is 15.9. The molecule has 2 heterocycles. The molecular weight excluding hydrogens is 526 g/mol. The van der Waals surface area contributed by atoms with E-state index in [0.29, 0.717) is 25.2 Å². The van der Waals surface area contributed by atoms with E-state index in [1.807, 2.05) is 12.1 Å². The molecule has 4 rings (SSSR count). The van der Waals surface area contributed by atoms with Crippen LogP contribution in [0.15, 0.2) is 65.4 Å². The van der Waals surface area contributed by atoms with E-state index >= 15 is 0 Å². The van der Waals surface area contributed by atoms with Crippen molar-refractivity contribution in [1.82, 2.24) is 9.88 Å². The molecule has 0 radical (unpaired) electrons. The van der Waals surface area contributed by atoms with Crippen molar-refractivity contribution in [3.05, 3.63) is 87.7 Å². The summed E-state index contributed by atoms with van der Waals surface area (Å²) in [5.41, 5.74) is -1.63. The highest BCUT2D eigenvalue weighted by Gasteiger charge is 2.37. The van der Waals surface area contributed by atoms with Crippen molar-refractivity contribution in [3.63, 3.8) is 0 Å². The summed E-state index contributed by atoms with van der Waals surface area (Å²) in [6, 6.07) is 9.36. The number of amides is 1. The molecule has 34 heavy (non-hydrogen) atoms. The monoisotopic (exact) mass is 542 g/mol. The first-order valence-corrected chi connectivity index (χ1v) is 11.0. The van der Waals surface area contributed by atoms with Gasteiger partial charge in [0.1, 0.15) is 0 Å². The van der Waals surface area contributed by atoms with Crippen LogP contribution in [0.3, 0.4) is 0 Å². The van der Waals surface area contributed by atoms with Crippen LogP contribution < -0.4 is 0 Å². The Morgan fingerprint density at radius 1 is 0.971 bits per heavy atom. The second-order valence-corrected chi connectivity index (χ2v) is 8.87. The number of hydrogen-bond acceptors (Lipinski definition) is 2. The van der Waals surface area contributed by atoms with Crippen LogP contribution in [0.2, 0.25) is 0 Å². The van der Waals surface area contributed by atoms with Crippen molar-refractivity contribution in [2.75, 3.05) is 13.1 Å². The van der Waals surface area contributed by atoms with Crippen molar-refractivity contribution in [1.29, 1.82) is 0 Å². The van der Waals surface area contributed by atoms with Gasteiger partial charge in [-0.25, -0.2) is 0 Å². The van der Waals surface area contributed by atoms with Gasteiger partial charge in [0.15, 0.2) is 0 Å². The van der Waals surface area contributed by atoms with Crippen LogP contribution >= 0.6 is 15.9 Å². The normalized spacial score (nSPS) is 16.7. The third-order valence-electron chi connectivity index (χ3n) is 5.75. The largest absolute Gasteiger partial charge is 0.416 e. The highest BCUT2D eigenvalue weighted by Crippen LogP contribution is 2.40. The third kappa shape index (κ3) is 5.11. The van der Waals surface area contributed by atoms with E-state index in [-0.39, 0.29) is 39.1 Å². The van der Waals surface area contributed by atoms with Gasteiger partial charge in [-0.1, -0.05) is 28.1 Å². The maximum absolute atomic E-state index is 13.2. The Balaban J connectivity index is 1.61. The number of hydrogen-bond donors (Lipinski definition) is 0. The topological polar surface area (TPSA) is 33.2 Å². The Hall–Kier alpha value is -2.88. The number of rotatable bonds is 3. The van der Waals surface area contributed by atoms with Gasteiger partial charge in [0.25, 0.3) is 5.91 Å². The summed E-state index contributed by atoms with van der Waals surface area (Å²) in [6.07, 6.45) is -5.70. The van der Waals surface area contributed by atoms with Gasteiger partial charge in [-0.2, -0.15) is 26.3 Å². The van der Waals surface area contributed by atoms with Crippen molar-refractivity contribution < 1.29 is 31.1 Å². The minimum absolute atomic E-state index is 0.0847. The average Bonchev–Trinajstić information content (AvgIpc) is 3.28. The van der Waals surface area contributed by atoms with Crippen LogP contribution in [0.1, 0.15) is 39.4 Å². The molecule has 1 amide bonds. The van der Waals surface area contributed by atoms with Crippen molar-refractivity contribution >= 4 is 21.8 Å². The maximum Gasteiger partial charge on any atom is 0.416 e. The molecule has 0 spiro atoms. The fourth-order valence-corrected chi connectivity index (χ4v) is 4.62. The minimum Gasteiger partial charge on any atom is -0.338 e. The highest BCUT2D eigenvalue weighted by atomic mass is 79.9. The van der Waals surface area contributed by atoms with Crippen LogP contribution in [-0.4, -0.2) is 28.9 Å². The second-order valence-electron chi connectivity index (χ2n) is 8.01. The summed E-state index contributed by atoms with van der Waals surface area (Å²) in [5.74, 6) is -0.120. The fraction of sp³-hybridized carbons (Fsp3) is 0.250. The molecule has 1 fully saturated rings. The number of alkyl halides is 6. The average molecular weight is 543 g/mol. The van der Waals surface area contributed by atoms with Gasteiger partial charge in [0.05, 0.1) is 11.1 Å². The number of benzene rings is 2. The van der Waals surface area contributed by atoms with Crippen LogP contribution in [0.4, 0.5) is 26.3 Å². The number of pyridine rings is 1. The fourth-order valence-electron chi connectivity index (χ4n) is 4.01. The predicted molar refractivity (Wildman–Crippen MR) is 117 cm³/mol. The lowest BCUT2D eigenvalue weighted by atomic mass is 9.98. The van der Waals surface area contributed by atoms with E-state index in [9.17, 15) is 31.1 Å². The van der Waals surface area contributed by atoms with Crippen molar-refractivity contribution in [2.24, 2.45) is 0 Å². The summed E-state index contributed by atoms with van der Waals surface area (Å²) in [6.45, 7) is 1.02. The number of likely N-dealkylation sites (tertiary alicyclic amines) is 1. The summed E-state index contributed by atoms with van der Waals surface area (Å²) < 4.78 is 79.5. The Morgan fingerprint density at radius 3 is 2.21 bits per heavy atom. The Labute approximate surface area is 199 Å². The molecule has 178 valence electrons. The van der Waals surface area contributed by atoms with Gasteiger partial charge < -0.3 is 4.90 Å². The molecule has 10 heteroatoms. The lowest BCUT2D eigenvalue weighted by Crippen LogP contribution is -2.28. The molecule has 1 aromatic heterocycles. The molecule has 3 aromatic rings. The lowest BCUT2D eigenvalue weighted by Gasteiger charge is -2.18. The number of nitrogens with zero attached hydrogens (tertiary/aromatic N) is 2. The molecule has 1 aliphatic rings. The van der Waals surface area contributed by atoms with E-state index in [1.54, 1.807) is 17.3 Å². The molecular formula is C24H17BrF6N2O. The molecule has 1 unspecified atom stereocenters. The third-order valence-corrected chi connectivity index (χ3v) is 6.40. The van der Waals surface area contributed by atoms with E-state index in [1.165, 1.54) is 18.2 Å². The zero-order valence-electron chi connectivity index (χ0n) is 17.4.